The number of carbonyl (C=O) groups is 2. The molecule has 5 rings (SSSR count). The number of anilines is 1. The van der Waals surface area contributed by atoms with Gasteiger partial charge in [-0.2, -0.15) is 5.10 Å². The molecule has 1 atom stereocenters. The van der Waals surface area contributed by atoms with Crippen LogP contribution in [0.1, 0.15) is 56.7 Å². The van der Waals surface area contributed by atoms with Gasteiger partial charge in [-0.05, 0) is 54.8 Å². The number of H-pyrrole nitrogens is 1. The van der Waals surface area contributed by atoms with Gasteiger partial charge in [-0.15, -0.1) is 11.3 Å². The monoisotopic (exact) mass is 406 g/mol. The van der Waals surface area contributed by atoms with Gasteiger partial charge in [0.15, 0.2) is 5.69 Å². The zero-order chi connectivity index (χ0) is 19.8. The molecule has 1 saturated heterocycles. The molecule has 29 heavy (non-hydrogen) atoms. The van der Waals surface area contributed by atoms with E-state index in [2.05, 4.69) is 16.3 Å². The minimum absolute atomic E-state index is 0.0562. The maximum Gasteiger partial charge on any atom is 0.278 e. The second-order valence-electron chi connectivity index (χ2n) is 7.53. The van der Waals surface area contributed by atoms with Crippen LogP contribution >= 0.6 is 11.3 Å². The Hall–Kier alpha value is -2.93. The molecular formula is C22H22N4O2S. The molecule has 0 saturated carbocycles. The Bertz CT molecular complexity index is 1040. The number of carbonyl (C=O) groups excluding carboxylic acids is 2. The van der Waals surface area contributed by atoms with Crippen molar-refractivity contribution in [2.75, 3.05) is 18.0 Å². The van der Waals surface area contributed by atoms with E-state index in [1.807, 2.05) is 46.7 Å². The third-order valence-electron chi connectivity index (χ3n) is 5.80. The fourth-order valence-electron chi connectivity index (χ4n) is 4.34. The number of benzene rings is 1. The molecule has 3 aromatic rings. The standard InChI is InChI=1S/C22H22N4O2S/c27-21(26-12-10-15-6-1-2-7-18(15)26)17-14-16(23-24-17)19-8-3-4-11-25(19)22(28)20-9-5-13-29-20/h1-2,5-7,9,13-14,19H,3-4,8,10-12H2,(H,23,24). The molecule has 2 aromatic heterocycles. The summed E-state index contributed by atoms with van der Waals surface area (Å²) in [6.07, 6.45) is 3.79. The number of fused-ring (bicyclic) bond motifs is 1. The van der Waals surface area contributed by atoms with Gasteiger partial charge >= 0.3 is 0 Å². The quantitative estimate of drug-likeness (QED) is 0.714. The van der Waals surface area contributed by atoms with Crippen molar-refractivity contribution in [2.24, 2.45) is 0 Å². The van der Waals surface area contributed by atoms with Crippen molar-refractivity contribution in [3.63, 3.8) is 0 Å². The number of aromatic nitrogens is 2. The second kappa shape index (κ2) is 7.48. The van der Waals surface area contributed by atoms with Gasteiger partial charge in [0.2, 0.25) is 0 Å². The van der Waals surface area contributed by atoms with E-state index in [1.54, 1.807) is 4.90 Å². The van der Waals surface area contributed by atoms with Crippen LogP contribution in [0.25, 0.3) is 0 Å². The Kier molecular flexibility index (Phi) is 4.67. The van der Waals surface area contributed by atoms with Crippen LogP contribution in [0, 0.1) is 0 Å². The molecule has 2 amide bonds. The van der Waals surface area contributed by atoms with Crippen molar-refractivity contribution in [1.29, 1.82) is 0 Å². The predicted molar refractivity (Wildman–Crippen MR) is 112 cm³/mol. The number of thiophene rings is 1. The lowest BCUT2D eigenvalue weighted by atomic mass is 9.98. The Labute approximate surface area is 173 Å². The van der Waals surface area contributed by atoms with Gasteiger partial charge in [0.05, 0.1) is 16.6 Å². The van der Waals surface area contributed by atoms with Crippen molar-refractivity contribution in [3.8, 4) is 0 Å². The van der Waals surface area contributed by atoms with Crippen LogP contribution in [0.5, 0.6) is 0 Å². The number of aromatic amines is 1. The average molecular weight is 407 g/mol. The molecule has 6 nitrogen and oxygen atoms in total. The summed E-state index contributed by atoms with van der Waals surface area (Å²) in [4.78, 5) is 30.5. The van der Waals surface area contributed by atoms with E-state index >= 15 is 0 Å². The smallest absolute Gasteiger partial charge is 0.278 e. The summed E-state index contributed by atoms with van der Waals surface area (Å²) in [6, 6.07) is 13.5. The highest BCUT2D eigenvalue weighted by Crippen LogP contribution is 2.33. The number of likely N-dealkylation sites (tertiary alicyclic amines) is 1. The molecule has 2 aliphatic rings. The Morgan fingerprint density at radius 2 is 1.97 bits per heavy atom. The molecule has 1 fully saturated rings. The third kappa shape index (κ3) is 3.25. The fourth-order valence-corrected chi connectivity index (χ4v) is 5.02. The third-order valence-corrected chi connectivity index (χ3v) is 6.66. The van der Waals surface area contributed by atoms with E-state index in [0.29, 0.717) is 12.2 Å². The zero-order valence-electron chi connectivity index (χ0n) is 16.0. The van der Waals surface area contributed by atoms with E-state index < -0.39 is 0 Å². The summed E-state index contributed by atoms with van der Waals surface area (Å²) in [7, 11) is 0. The van der Waals surface area contributed by atoms with Crippen molar-refractivity contribution in [2.45, 2.75) is 31.7 Å². The normalized spacial score (nSPS) is 18.7. The molecule has 1 unspecified atom stereocenters. The number of hydrogen-bond acceptors (Lipinski definition) is 4. The first-order valence-electron chi connectivity index (χ1n) is 10.0. The number of hydrogen-bond donors (Lipinski definition) is 1. The van der Waals surface area contributed by atoms with Gasteiger partial charge in [-0.25, -0.2) is 0 Å². The summed E-state index contributed by atoms with van der Waals surface area (Å²) < 4.78 is 0. The highest BCUT2D eigenvalue weighted by atomic mass is 32.1. The van der Waals surface area contributed by atoms with Crippen molar-refractivity contribution < 1.29 is 9.59 Å². The van der Waals surface area contributed by atoms with Gasteiger partial charge in [0, 0.05) is 18.8 Å². The molecular weight excluding hydrogens is 384 g/mol. The van der Waals surface area contributed by atoms with Crippen LogP contribution in [0.2, 0.25) is 0 Å². The number of rotatable bonds is 3. The number of nitrogens with zero attached hydrogens (tertiary/aromatic N) is 3. The van der Waals surface area contributed by atoms with Crippen molar-refractivity contribution in [1.82, 2.24) is 15.1 Å². The van der Waals surface area contributed by atoms with E-state index in [1.165, 1.54) is 16.9 Å². The molecule has 0 aliphatic carbocycles. The molecule has 7 heteroatoms. The van der Waals surface area contributed by atoms with Crippen LogP contribution in [-0.2, 0) is 6.42 Å². The fraction of sp³-hybridized carbons (Fsp3) is 0.318. The number of amides is 2. The highest BCUT2D eigenvalue weighted by molar-refractivity contribution is 7.12. The summed E-state index contributed by atoms with van der Waals surface area (Å²) in [5.41, 5.74) is 3.40. The van der Waals surface area contributed by atoms with Gasteiger partial charge < -0.3 is 9.80 Å². The summed E-state index contributed by atoms with van der Waals surface area (Å²) >= 11 is 1.46. The lowest BCUT2D eigenvalue weighted by Crippen LogP contribution is -2.38. The summed E-state index contributed by atoms with van der Waals surface area (Å²) in [5.74, 6) is -0.0370. The molecule has 1 N–H and O–H groups in total. The van der Waals surface area contributed by atoms with Crippen molar-refractivity contribution in [3.05, 3.63) is 69.7 Å². The van der Waals surface area contributed by atoms with E-state index in [-0.39, 0.29) is 17.9 Å². The lowest BCUT2D eigenvalue weighted by Gasteiger charge is -2.34. The van der Waals surface area contributed by atoms with Gasteiger partial charge in [0.25, 0.3) is 11.8 Å². The minimum Gasteiger partial charge on any atom is -0.329 e. The molecule has 2 aliphatic heterocycles. The first kappa shape index (κ1) is 18.1. The van der Waals surface area contributed by atoms with Crippen LogP contribution in [0.3, 0.4) is 0 Å². The van der Waals surface area contributed by atoms with Crippen LogP contribution in [0.15, 0.2) is 47.8 Å². The summed E-state index contributed by atoms with van der Waals surface area (Å²) in [5, 5.41) is 9.28. The maximum atomic E-state index is 13.1. The number of nitrogens with one attached hydrogen (secondary N) is 1. The maximum absolute atomic E-state index is 13.1. The minimum atomic E-state index is -0.0932. The number of piperidine rings is 1. The van der Waals surface area contributed by atoms with Crippen LogP contribution in [-0.4, -0.2) is 40.0 Å². The van der Waals surface area contributed by atoms with Gasteiger partial charge in [-0.1, -0.05) is 24.3 Å². The Morgan fingerprint density at radius 1 is 1.07 bits per heavy atom. The average Bonchev–Trinajstić information content (AvgIpc) is 3.53. The molecule has 4 heterocycles. The van der Waals surface area contributed by atoms with E-state index in [0.717, 1.165) is 48.5 Å². The SMILES string of the molecule is O=C(c1cc(C2CCCCN2C(=O)c2cccs2)[nH]n1)N1CCc2ccccc21. The van der Waals surface area contributed by atoms with E-state index in [9.17, 15) is 9.59 Å². The lowest BCUT2D eigenvalue weighted by molar-refractivity contribution is 0.0611. The first-order valence-corrected chi connectivity index (χ1v) is 10.9. The second-order valence-corrected chi connectivity index (χ2v) is 8.48. The topological polar surface area (TPSA) is 69.3 Å². The first-order chi connectivity index (χ1) is 14.2. The van der Waals surface area contributed by atoms with Crippen LogP contribution in [0.4, 0.5) is 5.69 Å². The zero-order valence-corrected chi connectivity index (χ0v) is 16.8. The van der Waals surface area contributed by atoms with Gasteiger partial charge in [0.1, 0.15) is 0 Å². The van der Waals surface area contributed by atoms with Crippen molar-refractivity contribution >= 4 is 28.8 Å². The Morgan fingerprint density at radius 3 is 2.83 bits per heavy atom. The molecule has 0 bridgehead atoms. The Balaban J connectivity index is 1.39. The molecule has 1 aromatic carbocycles. The van der Waals surface area contributed by atoms with Crippen LogP contribution < -0.4 is 4.90 Å². The highest BCUT2D eigenvalue weighted by Gasteiger charge is 2.32. The predicted octanol–water partition coefficient (Wildman–Crippen LogP) is 4.04. The number of para-hydroxylation sites is 1. The molecule has 148 valence electrons. The van der Waals surface area contributed by atoms with E-state index in [4.69, 9.17) is 0 Å². The van der Waals surface area contributed by atoms with Gasteiger partial charge in [-0.3, -0.25) is 14.7 Å². The summed E-state index contributed by atoms with van der Waals surface area (Å²) in [6.45, 7) is 1.40. The molecule has 0 radical (unpaired) electrons. The molecule has 0 spiro atoms. The largest absolute Gasteiger partial charge is 0.329 e.